The monoisotopic (exact) mass is 349 g/mol. The van der Waals surface area contributed by atoms with E-state index in [1.807, 2.05) is 52.0 Å². The highest BCUT2D eigenvalue weighted by Gasteiger charge is 2.14. The highest BCUT2D eigenvalue weighted by Crippen LogP contribution is 2.22. The van der Waals surface area contributed by atoms with Gasteiger partial charge in [0.2, 0.25) is 0 Å². The van der Waals surface area contributed by atoms with Crippen molar-refractivity contribution in [1.82, 2.24) is 10.6 Å². The van der Waals surface area contributed by atoms with E-state index in [0.717, 1.165) is 11.3 Å². The molecule has 0 aliphatic rings. The molecule has 0 atom stereocenters. The Labute approximate surface area is 151 Å². The fraction of sp³-hybridized carbons (Fsp3) is 0.579. The molecular weight excluding hydrogens is 318 g/mol. The lowest BCUT2D eigenvalue weighted by Gasteiger charge is -2.23. The van der Waals surface area contributed by atoms with E-state index >= 15 is 0 Å². The van der Waals surface area contributed by atoms with Gasteiger partial charge in [0.1, 0.15) is 11.4 Å². The first kappa shape index (κ1) is 20.8. The lowest BCUT2D eigenvalue weighted by molar-refractivity contribution is -0.143. The Balaban J connectivity index is 2.46. The van der Waals surface area contributed by atoms with Crippen molar-refractivity contribution in [1.29, 1.82) is 0 Å². The third-order valence-corrected chi connectivity index (χ3v) is 3.21. The van der Waals surface area contributed by atoms with Crippen LogP contribution in [0, 0.1) is 0 Å². The van der Waals surface area contributed by atoms with Gasteiger partial charge in [-0.3, -0.25) is 9.79 Å². The Morgan fingerprint density at radius 1 is 1.20 bits per heavy atom. The average molecular weight is 349 g/mol. The smallest absolute Gasteiger partial charge is 0.305 e. The van der Waals surface area contributed by atoms with Crippen LogP contribution in [-0.4, -0.2) is 37.7 Å². The number of ether oxygens (including phenoxy) is 2. The van der Waals surface area contributed by atoms with E-state index in [1.54, 1.807) is 7.05 Å². The molecule has 0 aromatic heterocycles. The molecule has 0 saturated heterocycles. The van der Waals surface area contributed by atoms with Gasteiger partial charge in [-0.05, 0) is 40.2 Å². The second kappa shape index (κ2) is 10.6. The minimum absolute atomic E-state index is 0.166. The summed E-state index contributed by atoms with van der Waals surface area (Å²) in [5.74, 6) is 1.38. The van der Waals surface area contributed by atoms with Gasteiger partial charge < -0.3 is 20.1 Å². The standard InChI is InChI=1S/C19H31N3O3/c1-6-24-17(23)12-9-13-21-18(20-5)22-14-15-10-7-8-11-16(15)25-19(2,3)4/h7-8,10-11H,6,9,12-14H2,1-5H3,(H2,20,21,22). The number of hydrogen-bond donors (Lipinski definition) is 2. The lowest BCUT2D eigenvalue weighted by atomic mass is 10.1. The largest absolute Gasteiger partial charge is 0.488 e. The fourth-order valence-electron chi connectivity index (χ4n) is 2.15. The van der Waals surface area contributed by atoms with E-state index in [1.165, 1.54) is 0 Å². The number of carbonyl (C=O) groups excluding carboxylic acids is 1. The highest BCUT2D eigenvalue weighted by molar-refractivity contribution is 5.79. The number of rotatable bonds is 8. The summed E-state index contributed by atoms with van der Waals surface area (Å²) in [6.07, 6.45) is 1.10. The Bertz CT molecular complexity index is 565. The van der Waals surface area contributed by atoms with Crippen LogP contribution in [-0.2, 0) is 16.1 Å². The number of carbonyl (C=O) groups is 1. The van der Waals surface area contributed by atoms with Crippen molar-refractivity contribution in [2.24, 2.45) is 4.99 Å². The van der Waals surface area contributed by atoms with Crippen LogP contribution in [0.1, 0.15) is 46.1 Å². The Morgan fingerprint density at radius 3 is 2.56 bits per heavy atom. The number of nitrogens with one attached hydrogen (secondary N) is 2. The molecule has 1 aromatic carbocycles. The molecule has 25 heavy (non-hydrogen) atoms. The van der Waals surface area contributed by atoms with Crippen molar-refractivity contribution in [2.45, 2.75) is 52.7 Å². The molecular formula is C19H31N3O3. The number of aliphatic imine (C=N–C) groups is 1. The molecule has 0 aliphatic carbocycles. The fourth-order valence-corrected chi connectivity index (χ4v) is 2.15. The summed E-state index contributed by atoms with van der Waals surface area (Å²) in [4.78, 5) is 15.5. The molecule has 0 bridgehead atoms. The molecule has 1 rings (SSSR count). The van der Waals surface area contributed by atoms with E-state index in [4.69, 9.17) is 9.47 Å². The first-order chi connectivity index (χ1) is 11.9. The van der Waals surface area contributed by atoms with Crippen molar-refractivity contribution in [2.75, 3.05) is 20.2 Å². The van der Waals surface area contributed by atoms with E-state index in [2.05, 4.69) is 15.6 Å². The maximum Gasteiger partial charge on any atom is 0.305 e. The van der Waals surface area contributed by atoms with Gasteiger partial charge >= 0.3 is 5.97 Å². The van der Waals surface area contributed by atoms with Gasteiger partial charge in [-0.25, -0.2) is 0 Å². The van der Waals surface area contributed by atoms with Gasteiger partial charge in [0, 0.05) is 32.1 Å². The lowest BCUT2D eigenvalue weighted by Crippen LogP contribution is -2.37. The van der Waals surface area contributed by atoms with Crippen LogP contribution in [0.4, 0.5) is 0 Å². The molecule has 0 aliphatic heterocycles. The quantitative estimate of drug-likeness (QED) is 0.327. The van der Waals surface area contributed by atoms with Crippen LogP contribution in [0.2, 0.25) is 0 Å². The van der Waals surface area contributed by atoms with E-state index in [9.17, 15) is 4.79 Å². The molecule has 140 valence electrons. The number of esters is 1. The zero-order valence-corrected chi connectivity index (χ0v) is 16.0. The molecule has 0 amide bonds. The maximum atomic E-state index is 11.3. The third-order valence-electron chi connectivity index (χ3n) is 3.21. The molecule has 6 heteroatoms. The first-order valence-electron chi connectivity index (χ1n) is 8.72. The maximum absolute atomic E-state index is 11.3. The van der Waals surface area contributed by atoms with Crippen LogP contribution < -0.4 is 15.4 Å². The topological polar surface area (TPSA) is 72.0 Å². The molecule has 1 aromatic rings. The molecule has 0 saturated carbocycles. The van der Waals surface area contributed by atoms with E-state index in [-0.39, 0.29) is 11.6 Å². The Morgan fingerprint density at radius 2 is 1.92 bits per heavy atom. The van der Waals surface area contributed by atoms with Crippen LogP contribution >= 0.6 is 0 Å². The second-order valence-corrected chi connectivity index (χ2v) is 6.58. The number of guanidine groups is 1. The van der Waals surface area contributed by atoms with Crippen molar-refractivity contribution in [3.63, 3.8) is 0 Å². The number of benzene rings is 1. The molecule has 0 spiro atoms. The summed E-state index contributed by atoms with van der Waals surface area (Å²) in [7, 11) is 1.72. The zero-order chi connectivity index (χ0) is 18.7. The Kier molecular flexibility index (Phi) is 8.81. The SMILES string of the molecule is CCOC(=O)CCCNC(=NC)NCc1ccccc1OC(C)(C)C. The zero-order valence-electron chi connectivity index (χ0n) is 16.0. The van der Waals surface area contributed by atoms with Crippen LogP contribution in [0.15, 0.2) is 29.3 Å². The summed E-state index contributed by atoms with van der Waals surface area (Å²) in [5, 5.41) is 6.46. The minimum atomic E-state index is -0.247. The van der Waals surface area contributed by atoms with E-state index in [0.29, 0.717) is 38.5 Å². The number of para-hydroxylation sites is 1. The molecule has 0 heterocycles. The summed E-state index contributed by atoms with van der Waals surface area (Å²) >= 11 is 0. The average Bonchev–Trinajstić information content (AvgIpc) is 2.54. The van der Waals surface area contributed by atoms with Crippen LogP contribution in [0.5, 0.6) is 5.75 Å². The van der Waals surface area contributed by atoms with Crippen molar-refractivity contribution in [3.05, 3.63) is 29.8 Å². The van der Waals surface area contributed by atoms with Crippen LogP contribution in [0.3, 0.4) is 0 Å². The highest BCUT2D eigenvalue weighted by atomic mass is 16.5. The summed E-state index contributed by atoms with van der Waals surface area (Å²) in [6.45, 7) is 9.57. The van der Waals surface area contributed by atoms with Crippen molar-refractivity contribution < 1.29 is 14.3 Å². The summed E-state index contributed by atoms with van der Waals surface area (Å²) < 4.78 is 10.9. The first-order valence-corrected chi connectivity index (χ1v) is 8.72. The number of nitrogens with zero attached hydrogens (tertiary/aromatic N) is 1. The van der Waals surface area contributed by atoms with Gasteiger partial charge in [0.15, 0.2) is 5.96 Å². The minimum Gasteiger partial charge on any atom is -0.488 e. The summed E-state index contributed by atoms with van der Waals surface area (Å²) in [5.41, 5.74) is 0.815. The van der Waals surface area contributed by atoms with Gasteiger partial charge in [0.25, 0.3) is 0 Å². The molecule has 0 unspecified atom stereocenters. The molecule has 0 fully saturated rings. The van der Waals surface area contributed by atoms with E-state index < -0.39 is 0 Å². The number of hydrogen-bond acceptors (Lipinski definition) is 4. The van der Waals surface area contributed by atoms with Crippen LogP contribution in [0.25, 0.3) is 0 Å². The van der Waals surface area contributed by atoms with Gasteiger partial charge in [-0.15, -0.1) is 0 Å². The van der Waals surface area contributed by atoms with Crippen molar-refractivity contribution in [3.8, 4) is 5.75 Å². The Hall–Kier alpha value is -2.24. The third kappa shape index (κ3) is 8.98. The predicted octanol–water partition coefficient (Wildman–Crippen LogP) is 2.87. The van der Waals surface area contributed by atoms with Gasteiger partial charge in [0.05, 0.1) is 6.61 Å². The van der Waals surface area contributed by atoms with Gasteiger partial charge in [-0.2, -0.15) is 0 Å². The molecule has 2 N–H and O–H groups in total. The second-order valence-electron chi connectivity index (χ2n) is 6.58. The van der Waals surface area contributed by atoms with Crippen molar-refractivity contribution >= 4 is 11.9 Å². The molecule has 0 radical (unpaired) electrons. The molecule has 6 nitrogen and oxygen atoms in total. The predicted molar refractivity (Wildman–Crippen MR) is 101 cm³/mol. The van der Waals surface area contributed by atoms with Gasteiger partial charge in [-0.1, -0.05) is 18.2 Å². The summed E-state index contributed by atoms with van der Waals surface area (Å²) in [6, 6.07) is 7.95. The normalized spacial score (nSPS) is 11.8.